The van der Waals surface area contributed by atoms with Gasteiger partial charge in [-0.05, 0) is 17.7 Å². The monoisotopic (exact) mass is 550 g/mol. The Kier molecular flexibility index (Phi) is 8.67. The van der Waals surface area contributed by atoms with Crippen LogP contribution < -0.4 is 21.3 Å². The number of carbonyl (C=O) groups excluding carboxylic acids is 5. The Morgan fingerprint density at radius 2 is 1.89 bits per heavy atom. The third-order valence-electron chi connectivity index (χ3n) is 5.69. The van der Waals surface area contributed by atoms with Crippen molar-refractivity contribution in [2.45, 2.75) is 17.5 Å². The molecule has 3 atom stereocenters. The molecule has 2 unspecified atom stereocenters. The topological polar surface area (TPSA) is 207 Å². The van der Waals surface area contributed by atoms with Crippen molar-refractivity contribution in [2.75, 3.05) is 33.5 Å². The van der Waals surface area contributed by atoms with Gasteiger partial charge in [-0.25, -0.2) is 24.1 Å². The normalized spacial score (nSPS) is 18.8. The summed E-state index contributed by atoms with van der Waals surface area (Å²) in [5.74, 6) is -3.02. The van der Waals surface area contributed by atoms with Gasteiger partial charge in [0.1, 0.15) is 35.5 Å². The van der Waals surface area contributed by atoms with Crippen LogP contribution in [0.5, 0.6) is 5.75 Å². The first-order chi connectivity index (χ1) is 18.0. The second-order valence-corrected chi connectivity index (χ2v) is 9.18. The number of nitrogens with zero attached hydrogens (tertiary/aromatic N) is 2. The molecule has 16 heteroatoms. The molecule has 1 aromatic carbocycles. The fraction of sp³-hybridized carbons (Fsp3) is 0.364. The van der Waals surface area contributed by atoms with Gasteiger partial charge < -0.3 is 36.2 Å². The minimum Gasteiger partial charge on any atom is -0.508 e. The maximum absolute atomic E-state index is 13.3. The Labute approximate surface area is 220 Å². The van der Waals surface area contributed by atoms with Crippen LogP contribution in [0.1, 0.15) is 11.6 Å². The van der Waals surface area contributed by atoms with Crippen molar-refractivity contribution in [1.82, 2.24) is 31.1 Å². The number of alkyl carbamates (subject to hydrolysis) is 1. The third-order valence-corrected chi connectivity index (χ3v) is 7.03. The van der Waals surface area contributed by atoms with Crippen molar-refractivity contribution >= 4 is 47.7 Å². The predicted molar refractivity (Wildman–Crippen MR) is 132 cm³/mol. The molecule has 1 aromatic rings. The summed E-state index contributed by atoms with van der Waals surface area (Å²) in [6.07, 6.45) is -0.767. The number of ether oxygens (including phenoxy) is 1. The number of fused-ring (bicyclic) bond motifs is 1. The number of carboxylic acid groups (broad SMARTS) is 1. The lowest BCUT2D eigenvalue weighted by Gasteiger charge is -2.49. The van der Waals surface area contributed by atoms with Crippen LogP contribution in [-0.4, -0.2) is 101 Å². The molecule has 1 fully saturated rings. The number of hydrogen-bond donors (Lipinski definition) is 6. The minimum atomic E-state index is -1.41. The number of phenolic OH excluding ortho intramolecular Hbond substituents is 1. The summed E-state index contributed by atoms with van der Waals surface area (Å²) in [7, 11) is 3.84. The molecule has 6 N–H and O–H groups in total. The first-order valence-electron chi connectivity index (χ1n) is 11.1. The van der Waals surface area contributed by atoms with Gasteiger partial charge in [0.2, 0.25) is 5.91 Å². The van der Waals surface area contributed by atoms with Crippen LogP contribution in [0.4, 0.5) is 14.4 Å². The summed E-state index contributed by atoms with van der Waals surface area (Å²) in [5.41, 5.74) is 0.0432. The highest BCUT2D eigenvalue weighted by Crippen LogP contribution is 2.40. The number of hydrogen-bond acceptors (Lipinski definition) is 9. The Morgan fingerprint density at radius 1 is 1.18 bits per heavy atom. The smallest absolute Gasteiger partial charge is 0.407 e. The van der Waals surface area contributed by atoms with E-state index in [-0.39, 0.29) is 34.9 Å². The summed E-state index contributed by atoms with van der Waals surface area (Å²) in [6.45, 7) is -0.341. The maximum atomic E-state index is 13.3. The van der Waals surface area contributed by atoms with Gasteiger partial charge in [0, 0.05) is 32.5 Å². The number of benzene rings is 1. The van der Waals surface area contributed by atoms with E-state index in [1.54, 1.807) is 0 Å². The summed E-state index contributed by atoms with van der Waals surface area (Å²) in [5, 5.41) is 28.2. The van der Waals surface area contributed by atoms with Crippen molar-refractivity contribution in [3.63, 3.8) is 0 Å². The van der Waals surface area contributed by atoms with E-state index in [1.165, 1.54) is 45.4 Å². The van der Waals surface area contributed by atoms with Crippen molar-refractivity contribution in [3.05, 3.63) is 41.1 Å². The van der Waals surface area contributed by atoms with E-state index in [4.69, 9.17) is 4.74 Å². The second-order valence-electron chi connectivity index (χ2n) is 8.07. The molecule has 7 amide bonds. The highest BCUT2D eigenvalue weighted by Gasteiger charge is 2.54. The number of carboxylic acids is 1. The first-order valence-corrected chi connectivity index (χ1v) is 12.1. The molecule has 2 aliphatic heterocycles. The number of aliphatic carboxylic acids is 1. The summed E-state index contributed by atoms with van der Waals surface area (Å²) < 4.78 is 4.93. The fourth-order valence-corrected chi connectivity index (χ4v) is 5.07. The average molecular weight is 551 g/mol. The third kappa shape index (κ3) is 5.74. The van der Waals surface area contributed by atoms with Gasteiger partial charge in [-0.1, -0.05) is 12.1 Å². The van der Waals surface area contributed by atoms with Crippen LogP contribution in [0, 0.1) is 0 Å². The lowest BCUT2D eigenvalue weighted by molar-refractivity contribution is -0.151. The lowest BCUT2D eigenvalue weighted by atomic mass is 10.0. The van der Waals surface area contributed by atoms with Gasteiger partial charge in [-0.2, -0.15) is 0 Å². The van der Waals surface area contributed by atoms with E-state index < -0.39 is 53.4 Å². The van der Waals surface area contributed by atoms with Crippen molar-refractivity contribution in [3.8, 4) is 5.75 Å². The van der Waals surface area contributed by atoms with Gasteiger partial charge in [-0.3, -0.25) is 14.5 Å². The van der Waals surface area contributed by atoms with E-state index in [0.29, 0.717) is 4.90 Å². The molecule has 0 radical (unpaired) electrons. The van der Waals surface area contributed by atoms with Crippen molar-refractivity contribution < 1.29 is 43.7 Å². The molecule has 0 saturated carbocycles. The van der Waals surface area contributed by atoms with Crippen LogP contribution in [-0.2, 0) is 19.1 Å². The van der Waals surface area contributed by atoms with Gasteiger partial charge in [0.25, 0.3) is 5.91 Å². The van der Waals surface area contributed by atoms with Crippen LogP contribution in [0.2, 0.25) is 0 Å². The average Bonchev–Trinajstić information content (AvgIpc) is 2.91. The number of β-lactam (4-membered cyclic amide) rings is 1. The van der Waals surface area contributed by atoms with E-state index in [1.807, 2.05) is 0 Å². The Morgan fingerprint density at radius 3 is 2.50 bits per heavy atom. The van der Waals surface area contributed by atoms with Crippen molar-refractivity contribution in [2.24, 2.45) is 0 Å². The second kappa shape index (κ2) is 11.7. The van der Waals surface area contributed by atoms with Gasteiger partial charge >= 0.3 is 24.1 Å². The highest BCUT2D eigenvalue weighted by atomic mass is 32.2. The van der Waals surface area contributed by atoms with Crippen LogP contribution in [0.15, 0.2) is 35.5 Å². The molecule has 15 nitrogen and oxygen atoms in total. The highest BCUT2D eigenvalue weighted by molar-refractivity contribution is 8.00. The van der Waals surface area contributed by atoms with Gasteiger partial charge in [0.15, 0.2) is 0 Å². The largest absolute Gasteiger partial charge is 0.508 e. The minimum absolute atomic E-state index is 0.114. The number of imide groups is 1. The number of carbonyl (C=O) groups is 6. The van der Waals surface area contributed by atoms with Gasteiger partial charge in [0.05, 0.1) is 0 Å². The van der Waals surface area contributed by atoms with E-state index in [9.17, 15) is 39.0 Å². The SMILES string of the molecule is CNC(=O)OCC1=C(C(=O)O)N2C(=O)C(NC(=O)C(NC(=O)N(C)C(=O)NC)c3cccc(O)c3)[C@@H]2SC1. The first kappa shape index (κ1) is 28.1. The summed E-state index contributed by atoms with van der Waals surface area (Å²) in [4.78, 5) is 75.6. The number of thioether (sulfide) groups is 1. The molecular formula is C22H26N6O9S. The lowest BCUT2D eigenvalue weighted by Crippen LogP contribution is -2.71. The molecule has 38 heavy (non-hydrogen) atoms. The Bertz CT molecular complexity index is 1210. The van der Waals surface area contributed by atoms with Crippen molar-refractivity contribution in [1.29, 1.82) is 0 Å². The quantitative estimate of drug-likeness (QED) is 0.240. The van der Waals surface area contributed by atoms with Gasteiger partial charge in [-0.15, -0.1) is 11.8 Å². The van der Waals surface area contributed by atoms with E-state index in [0.717, 1.165) is 16.7 Å². The zero-order valence-corrected chi connectivity index (χ0v) is 21.3. The molecule has 2 aliphatic rings. The molecule has 0 bridgehead atoms. The number of urea groups is 2. The predicted octanol–water partition coefficient (Wildman–Crippen LogP) is -0.491. The summed E-state index contributed by atoms with van der Waals surface area (Å²) in [6, 6.07) is 1.27. The molecule has 3 rings (SSSR count). The number of rotatable bonds is 7. The molecule has 0 spiro atoms. The number of amides is 7. The van der Waals surface area contributed by atoms with Crippen LogP contribution >= 0.6 is 11.8 Å². The number of nitrogens with one attached hydrogen (secondary N) is 4. The fourth-order valence-electron chi connectivity index (χ4n) is 3.74. The Balaban J connectivity index is 1.80. The number of phenols is 1. The van der Waals surface area contributed by atoms with E-state index in [2.05, 4.69) is 21.3 Å². The summed E-state index contributed by atoms with van der Waals surface area (Å²) >= 11 is 1.16. The molecule has 0 aliphatic carbocycles. The number of aromatic hydroxyl groups is 1. The molecule has 2 heterocycles. The van der Waals surface area contributed by atoms with E-state index >= 15 is 0 Å². The molecule has 0 aromatic heterocycles. The molecule has 204 valence electrons. The zero-order chi connectivity index (χ0) is 28.1. The maximum Gasteiger partial charge on any atom is 0.407 e. The molecular weight excluding hydrogens is 524 g/mol. The van der Waals surface area contributed by atoms with Crippen LogP contribution in [0.3, 0.4) is 0 Å². The molecule has 1 saturated heterocycles. The van der Waals surface area contributed by atoms with Crippen LogP contribution in [0.25, 0.3) is 0 Å². The zero-order valence-electron chi connectivity index (χ0n) is 20.5. The standard InChI is InChI=1S/C22H26N6O9S/c1-23-20(34)27(3)21(35)26-13(10-5-4-6-12(29)7-10)16(30)25-14-17(31)28-15(19(32)33)11(9-38-18(14)28)8-37-22(36)24-2/h4-7,13-14,18,29H,8-9H2,1-3H3,(H,23,34)(H,24,36)(H,25,30)(H,26,35)(H,32,33)/t13?,14?,18-/m0/s1. The Hall–Kier alpha value is -4.47.